The largest absolute Gasteiger partial charge is 0.478 e. The lowest BCUT2D eigenvalue weighted by atomic mass is 9.99. The van der Waals surface area contributed by atoms with Gasteiger partial charge in [-0.05, 0) is 36.1 Å². The molecule has 0 aliphatic heterocycles. The van der Waals surface area contributed by atoms with Crippen LogP contribution in [0.4, 0.5) is 4.39 Å². The van der Waals surface area contributed by atoms with Gasteiger partial charge in [-0.3, -0.25) is 0 Å². The summed E-state index contributed by atoms with van der Waals surface area (Å²) in [5, 5.41) is 14.0. The molecule has 1 aromatic heterocycles. The molecule has 0 fully saturated rings. The van der Waals surface area contributed by atoms with E-state index in [2.05, 4.69) is 5.10 Å². The minimum Gasteiger partial charge on any atom is -0.478 e. The molecule has 0 aliphatic rings. The van der Waals surface area contributed by atoms with E-state index in [4.69, 9.17) is 0 Å². The lowest BCUT2D eigenvalue weighted by Gasteiger charge is -2.11. The van der Waals surface area contributed by atoms with Gasteiger partial charge in [0.05, 0.1) is 17.1 Å². The fourth-order valence-electron chi connectivity index (χ4n) is 2.38. The first-order valence-corrected chi connectivity index (χ1v) is 6.95. The highest BCUT2D eigenvalue weighted by atomic mass is 19.1. The molecule has 0 spiro atoms. The number of carboxylic acid groups (broad SMARTS) is 1. The molecule has 5 heteroatoms. The van der Waals surface area contributed by atoms with Crippen LogP contribution < -0.4 is 0 Å². The molecule has 0 saturated heterocycles. The van der Waals surface area contributed by atoms with Crippen molar-refractivity contribution >= 4 is 5.97 Å². The van der Waals surface area contributed by atoms with Gasteiger partial charge in [-0.25, -0.2) is 13.9 Å². The molecule has 21 heavy (non-hydrogen) atoms. The molecule has 1 heterocycles. The van der Waals surface area contributed by atoms with Crippen molar-refractivity contribution in [3.8, 4) is 5.69 Å². The number of hydrogen-bond donors (Lipinski definition) is 1. The third-order valence-electron chi connectivity index (χ3n) is 3.33. The number of rotatable bonds is 4. The van der Waals surface area contributed by atoms with Gasteiger partial charge < -0.3 is 5.11 Å². The molecule has 2 rings (SSSR count). The van der Waals surface area contributed by atoms with Crippen LogP contribution in [-0.2, 0) is 0 Å². The molecule has 0 atom stereocenters. The van der Waals surface area contributed by atoms with Crippen molar-refractivity contribution < 1.29 is 14.3 Å². The average molecular weight is 290 g/mol. The molecule has 0 amide bonds. The van der Waals surface area contributed by atoms with E-state index in [-0.39, 0.29) is 23.2 Å². The summed E-state index contributed by atoms with van der Waals surface area (Å²) in [7, 11) is 0. The average Bonchev–Trinajstić information content (AvgIpc) is 2.80. The lowest BCUT2D eigenvalue weighted by Crippen LogP contribution is -2.08. The fourth-order valence-corrected chi connectivity index (χ4v) is 2.38. The number of hydrogen-bond acceptors (Lipinski definition) is 2. The summed E-state index contributed by atoms with van der Waals surface area (Å²) in [6, 6.07) is 5.89. The SMILES string of the molecule is CC(C)c1nn(-c2ccc(F)cc2)c(C(C)C)c1C(=O)O. The topological polar surface area (TPSA) is 55.1 Å². The van der Waals surface area contributed by atoms with Crippen molar-refractivity contribution in [1.82, 2.24) is 9.78 Å². The first kappa shape index (κ1) is 15.2. The Morgan fingerprint density at radius 2 is 1.71 bits per heavy atom. The summed E-state index contributed by atoms with van der Waals surface area (Å²) in [5.74, 6) is -1.33. The maximum atomic E-state index is 13.1. The Labute approximate surface area is 123 Å². The Kier molecular flexibility index (Phi) is 4.11. The zero-order chi connectivity index (χ0) is 15.7. The van der Waals surface area contributed by atoms with Crippen molar-refractivity contribution in [2.75, 3.05) is 0 Å². The van der Waals surface area contributed by atoms with E-state index in [0.29, 0.717) is 17.1 Å². The number of nitrogens with zero attached hydrogens (tertiary/aromatic N) is 2. The molecular weight excluding hydrogens is 271 g/mol. The molecule has 0 radical (unpaired) electrons. The molecule has 0 unspecified atom stereocenters. The zero-order valence-corrected chi connectivity index (χ0v) is 12.6. The Balaban J connectivity index is 2.73. The number of aromatic nitrogens is 2. The highest BCUT2D eigenvalue weighted by Crippen LogP contribution is 2.29. The van der Waals surface area contributed by atoms with Gasteiger partial charge >= 0.3 is 5.97 Å². The lowest BCUT2D eigenvalue weighted by molar-refractivity contribution is 0.0693. The quantitative estimate of drug-likeness (QED) is 0.927. The number of carboxylic acids is 1. The van der Waals surface area contributed by atoms with Gasteiger partial charge in [-0.1, -0.05) is 27.7 Å². The van der Waals surface area contributed by atoms with E-state index in [1.54, 1.807) is 16.8 Å². The highest BCUT2D eigenvalue weighted by molar-refractivity contribution is 5.91. The summed E-state index contributed by atoms with van der Waals surface area (Å²) < 4.78 is 14.7. The third-order valence-corrected chi connectivity index (χ3v) is 3.33. The molecular formula is C16H19FN2O2. The number of halogens is 1. The predicted octanol–water partition coefficient (Wildman–Crippen LogP) is 3.96. The minimum absolute atomic E-state index is 0.00435. The molecule has 0 saturated carbocycles. The molecule has 0 aliphatic carbocycles. The zero-order valence-electron chi connectivity index (χ0n) is 12.6. The summed E-state index contributed by atoms with van der Waals surface area (Å²) in [4.78, 5) is 11.6. The summed E-state index contributed by atoms with van der Waals surface area (Å²) in [5.41, 5.74) is 2.10. The first-order valence-electron chi connectivity index (χ1n) is 6.95. The molecule has 112 valence electrons. The van der Waals surface area contributed by atoms with Crippen LogP contribution in [0.25, 0.3) is 5.69 Å². The molecule has 0 bridgehead atoms. The Hall–Kier alpha value is -2.17. The maximum Gasteiger partial charge on any atom is 0.339 e. The Bertz CT molecular complexity index is 658. The van der Waals surface area contributed by atoms with Crippen LogP contribution in [0.1, 0.15) is 61.3 Å². The van der Waals surface area contributed by atoms with Crippen LogP contribution in [0, 0.1) is 5.82 Å². The van der Waals surface area contributed by atoms with Crippen molar-refractivity contribution in [3.05, 3.63) is 47.0 Å². The van der Waals surface area contributed by atoms with E-state index in [9.17, 15) is 14.3 Å². The van der Waals surface area contributed by atoms with Crippen LogP contribution >= 0.6 is 0 Å². The summed E-state index contributed by atoms with van der Waals surface area (Å²) in [6.45, 7) is 7.67. The van der Waals surface area contributed by atoms with Crippen LogP contribution in [0.2, 0.25) is 0 Å². The van der Waals surface area contributed by atoms with Crippen molar-refractivity contribution in [2.45, 2.75) is 39.5 Å². The van der Waals surface area contributed by atoms with Gasteiger partial charge in [0.25, 0.3) is 0 Å². The molecule has 2 aromatic rings. The second kappa shape index (κ2) is 5.68. The number of carbonyl (C=O) groups is 1. The minimum atomic E-state index is -0.976. The second-order valence-electron chi connectivity index (χ2n) is 5.65. The Morgan fingerprint density at radius 1 is 1.14 bits per heavy atom. The number of aromatic carboxylic acids is 1. The van der Waals surface area contributed by atoms with E-state index in [1.165, 1.54) is 12.1 Å². The molecule has 1 N–H and O–H groups in total. The van der Waals surface area contributed by atoms with Gasteiger partial charge in [0.2, 0.25) is 0 Å². The number of benzene rings is 1. The van der Waals surface area contributed by atoms with E-state index < -0.39 is 5.97 Å². The van der Waals surface area contributed by atoms with E-state index in [1.807, 2.05) is 27.7 Å². The van der Waals surface area contributed by atoms with E-state index >= 15 is 0 Å². The van der Waals surface area contributed by atoms with Crippen LogP contribution in [-0.4, -0.2) is 20.9 Å². The smallest absolute Gasteiger partial charge is 0.339 e. The van der Waals surface area contributed by atoms with Crippen LogP contribution in [0.15, 0.2) is 24.3 Å². The van der Waals surface area contributed by atoms with Crippen molar-refractivity contribution in [3.63, 3.8) is 0 Å². The molecule has 1 aromatic carbocycles. The first-order chi connectivity index (χ1) is 9.82. The van der Waals surface area contributed by atoms with E-state index in [0.717, 1.165) is 0 Å². The van der Waals surface area contributed by atoms with Crippen LogP contribution in [0.5, 0.6) is 0 Å². The normalized spacial score (nSPS) is 11.4. The van der Waals surface area contributed by atoms with Gasteiger partial charge in [0, 0.05) is 0 Å². The predicted molar refractivity (Wildman–Crippen MR) is 78.7 cm³/mol. The van der Waals surface area contributed by atoms with Crippen molar-refractivity contribution in [1.29, 1.82) is 0 Å². The monoisotopic (exact) mass is 290 g/mol. The van der Waals surface area contributed by atoms with Crippen molar-refractivity contribution in [2.24, 2.45) is 0 Å². The second-order valence-corrected chi connectivity index (χ2v) is 5.65. The fraction of sp³-hybridized carbons (Fsp3) is 0.375. The highest BCUT2D eigenvalue weighted by Gasteiger charge is 2.27. The Morgan fingerprint density at radius 3 is 2.14 bits per heavy atom. The standard InChI is InChI=1S/C16H19FN2O2/c1-9(2)14-13(16(20)21)15(10(3)4)19(18-14)12-7-5-11(17)6-8-12/h5-10H,1-4H3,(H,20,21). The third kappa shape index (κ3) is 2.82. The summed E-state index contributed by atoms with van der Waals surface area (Å²) >= 11 is 0. The van der Waals surface area contributed by atoms with Crippen LogP contribution in [0.3, 0.4) is 0 Å². The van der Waals surface area contributed by atoms with Gasteiger partial charge in [-0.15, -0.1) is 0 Å². The summed E-state index contributed by atoms with van der Waals surface area (Å²) in [6.07, 6.45) is 0. The van der Waals surface area contributed by atoms with Gasteiger partial charge in [0.15, 0.2) is 0 Å². The van der Waals surface area contributed by atoms with Gasteiger partial charge in [-0.2, -0.15) is 5.10 Å². The molecule has 4 nitrogen and oxygen atoms in total. The van der Waals surface area contributed by atoms with Gasteiger partial charge in [0.1, 0.15) is 11.4 Å². The maximum absolute atomic E-state index is 13.1.